The average Bonchev–Trinajstić information content (AvgIpc) is 3.19. The molecule has 0 N–H and O–H groups in total. The van der Waals surface area contributed by atoms with E-state index in [0.717, 1.165) is 31.0 Å². The van der Waals surface area contributed by atoms with E-state index in [-0.39, 0.29) is 11.7 Å². The number of likely N-dealkylation sites (tertiary alicyclic amines) is 1. The molecular weight excluding hydrogens is 348 g/mol. The zero-order valence-corrected chi connectivity index (χ0v) is 15.5. The van der Waals surface area contributed by atoms with Crippen LogP contribution >= 0.6 is 11.8 Å². The Labute approximate surface area is 157 Å². The minimum atomic E-state index is -0.379. The molecule has 1 heterocycles. The number of hydrogen-bond donors (Lipinski definition) is 0. The molecule has 6 nitrogen and oxygen atoms in total. The SMILES string of the molecule is C#CCS/C(=C(\C#N)N=Nc1ccc(C(=O)OCC)cc1)N1CCCC1. The summed E-state index contributed by atoms with van der Waals surface area (Å²) in [4.78, 5) is 13.8. The van der Waals surface area contributed by atoms with E-state index in [4.69, 9.17) is 11.2 Å². The summed E-state index contributed by atoms with van der Waals surface area (Å²) in [5, 5.41) is 18.5. The Balaban J connectivity index is 2.19. The maximum atomic E-state index is 11.7. The first kappa shape index (κ1) is 19.6. The van der Waals surface area contributed by atoms with Gasteiger partial charge >= 0.3 is 5.97 Å². The van der Waals surface area contributed by atoms with Gasteiger partial charge in [-0.2, -0.15) is 5.26 Å². The van der Waals surface area contributed by atoms with Gasteiger partial charge in [0.2, 0.25) is 0 Å². The van der Waals surface area contributed by atoms with E-state index in [1.807, 2.05) is 0 Å². The second kappa shape index (κ2) is 10.3. The number of rotatable bonds is 7. The molecule has 1 fully saturated rings. The van der Waals surface area contributed by atoms with Gasteiger partial charge in [0.15, 0.2) is 5.70 Å². The fourth-order valence-electron chi connectivity index (χ4n) is 2.44. The van der Waals surface area contributed by atoms with Crippen LogP contribution in [0.25, 0.3) is 0 Å². The average molecular weight is 368 g/mol. The Bertz CT molecular complexity index is 766. The molecule has 0 bridgehead atoms. The quantitative estimate of drug-likeness (QED) is 0.313. The van der Waals surface area contributed by atoms with E-state index >= 15 is 0 Å². The van der Waals surface area contributed by atoms with E-state index in [2.05, 4.69) is 27.1 Å². The number of thioether (sulfide) groups is 1. The van der Waals surface area contributed by atoms with E-state index < -0.39 is 0 Å². The van der Waals surface area contributed by atoms with Crippen LogP contribution in [-0.4, -0.2) is 36.3 Å². The summed E-state index contributed by atoms with van der Waals surface area (Å²) < 4.78 is 4.94. The molecule has 0 aromatic heterocycles. The molecule has 0 atom stereocenters. The minimum absolute atomic E-state index is 0.251. The number of azo groups is 1. The molecule has 1 aromatic rings. The molecule has 1 aliphatic heterocycles. The van der Waals surface area contributed by atoms with Crippen molar-refractivity contribution in [1.82, 2.24) is 4.90 Å². The molecule has 0 aliphatic carbocycles. The molecule has 0 saturated carbocycles. The van der Waals surface area contributed by atoms with Crippen LogP contribution in [0.1, 0.15) is 30.1 Å². The van der Waals surface area contributed by atoms with Gasteiger partial charge in [-0.15, -0.1) is 16.7 Å². The first-order valence-corrected chi connectivity index (χ1v) is 9.32. The lowest BCUT2D eigenvalue weighted by atomic mass is 10.2. The van der Waals surface area contributed by atoms with Gasteiger partial charge in [0.1, 0.15) is 11.1 Å². The highest BCUT2D eigenvalue weighted by Gasteiger charge is 2.19. The van der Waals surface area contributed by atoms with Crippen LogP contribution in [0.4, 0.5) is 5.69 Å². The monoisotopic (exact) mass is 368 g/mol. The zero-order valence-electron chi connectivity index (χ0n) is 14.6. The lowest BCUT2D eigenvalue weighted by Gasteiger charge is -2.20. The second-order valence-corrected chi connectivity index (χ2v) is 6.38. The highest BCUT2D eigenvalue weighted by Crippen LogP contribution is 2.29. The highest BCUT2D eigenvalue weighted by molar-refractivity contribution is 8.03. The molecule has 0 unspecified atom stereocenters. The summed E-state index contributed by atoms with van der Waals surface area (Å²) in [6, 6.07) is 8.68. The second-order valence-electron chi connectivity index (χ2n) is 5.42. The summed E-state index contributed by atoms with van der Waals surface area (Å²) in [6.45, 7) is 3.86. The topological polar surface area (TPSA) is 78.0 Å². The van der Waals surface area contributed by atoms with E-state index in [1.54, 1.807) is 31.2 Å². The van der Waals surface area contributed by atoms with Crippen LogP contribution in [0.2, 0.25) is 0 Å². The molecule has 2 rings (SSSR count). The number of terminal acetylenes is 1. The number of nitrogens with zero attached hydrogens (tertiary/aromatic N) is 4. The Morgan fingerprint density at radius 2 is 2.04 bits per heavy atom. The van der Waals surface area contributed by atoms with Crippen molar-refractivity contribution in [2.24, 2.45) is 10.2 Å². The third-order valence-corrected chi connectivity index (χ3v) is 4.67. The van der Waals surface area contributed by atoms with Gasteiger partial charge in [-0.25, -0.2) is 4.79 Å². The van der Waals surface area contributed by atoms with E-state index in [9.17, 15) is 10.1 Å². The molecule has 0 radical (unpaired) electrons. The number of esters is 1. The largest absolute Gasteiger partial charge is 0.462 e. The van der Waals surface area contributed by atoms with Crippen molar-refractivity contribution in [3.63, 3.8) is 0 Å². The Hall–Kier alpha value is -2.77. The van der Waals surface area contributed by atoms with E-state index in [0.29, 0.717) is 23.6 Å². The highest BCUT2D eigenvalue weighted by atomic mass is 32.2. The van der Waals surface area contributed by atoms with Crippen molar-refractivity contribution in [1.29, 1.82) is 5.26 Å². The van der Waals surface area contributed by atoms with Crippen LogP contribution in [0.3, 0.4) is 0 Å². The van der Waals surface area contributed by atoms with Crippen molar-refractivity contribution in [2.75, 3.05) is 25.4 Å². The van der Waals surface area contributed by atoms with Crippen LogP contribution in [0, 0.1) is 23.7 Å². The summed E-state index contributed by atoms with van der Waals surface area (Å²) in [6.07, 6.45) is 7.53. The Kier molecular flexibility index (Phi) is 7.73. The smallest absolute Gasteiger partial charge is 0.338 e. The number of nitriles is 1. The van der Waals surface area contributed by atoms with Crippen molar-refractivity contribution < 1.29 is 9.53 Å². The first-order chi connectivity index (χ1) is 12.7. The van der Waals surface area contributed by atoms with Crippen LogP contribution < -0.4 is 0 Å². The molecule has 0 spiro atoms. The summed E-state index contributed by atoms with van der Waals surface area (Å²) >= 11 is 1.43. The first-order valence-electron chi connectivity index (χ1n) is 8.34. The molecule has 0 amide bonds. The molecule has 134 valence electrons. The fourth-order valence-corrected chi connectivity index (χ4v) is 3.25. The summed E-state index contributed by atoms with van der Waals surface area (Å²) in [5.41, 5.74) is 1.25. The number of carbonyl (C=O) groups is 1. The Morgan fingerprint density at radius 1 is 1.35 bits per heavy atom. The summed E-state index contributed by atoms with van der Waals surface area (Å²) in [5.74, 6) is 2.67. The fraction of sp³-hybridized carbons (Fsp3) is 0.368. The predicted molar refractivity (Wildman–Crippen MR) is 102 cm³/mol. The molecule has 1 aromatic carbocycles. The maximum absolute atomic E-state index is 11.7. The lowest BCUT2D eigenvalue weighted by molar-refractivity contribution is 0.0526. The summed E-state index contributed by atoms with van der Waals surface area (Å²) in [7, 11) is 0. The van der Waals surface area contributed by atoms with Crippen LogP contribution in [0.15, 0.2) is 45.2 Å². The third-order valence-electron chi connectivity index (χ3n) is 3.64. The van der Waals surface area contributed by atoms with Crippen molar-refractivity contribution >= 4 is 23.4 Å². The van der Waals surface area contributed by atoms with E-state index in [1.165, 1.54) is 11.8 Å². The van der Waals surface area contributed by atoms with Gasteiger partial charge in [-0.1, -0.05) is 17.7 Å². The predicted octanol–water partition coefficient (Wildman–Crippen LogP) is 4.10. The Morgan fingerprint density at radius 3 is 2.62 bits per heavy atom. The number of allylic oxidation sites excluding steroid dienone is 1. The van der Waals surface area contributed by atoms with Crippen molar-refractivity contribution in [3.8, 4) is 18.4 Å². The maximum Gasteiger partial charge on any atom is 0.338 e. The molecular formula is C19H20N4O2S. The number of benzene rings is 1. The molecule has 1 saturated heterocycles. The normalized spacial score (nSPS) is 14.7. The number of carbonyl (C=O) groups excluding carboxylic acids is 1. The molecule has 26 heavy (non-hydrogen) atoms. The van der Waals surface area contributed by atoms with Crippen molar-refractivity contribution in [2.45, 2.75) is 19.8 Å². The lowest BCUT2D eigenvalue weighted by Crippen LogP contribution is -2.18. The standard InChI is InChI=1S/C19H20N4O2S/c1-3-13-26-18(23-11-5-6-12-23)17(14-20)22-21-16-9-7-15(8-10-16)19(24)25-4-2/h1,7-10H,4-6,11-13H2,2H3/b18-17+,22-21?. The van der Waals surface area contributed by atoms with Gasteiger partial charge in [0.25, 0.3) is 0 Å². The minimum Gasteiger partial charge on any atom is -0.462 e. The van der Waals surface area contributed by atoms with Gasteiger partial charge in [0, 0.05) is 13.1 Å². The number of ether oxygens (including phenoxy) is 1. The molecule has 7 heteroatoms. The molecule has 1 aliphatic rings. The number of hydrogen-bond acceptors (Lipinski definition) is 7. The van der Waals surface area contributed by atoms with Crippen molar-refractivity contribution in [3.05, 3.63) is 40.6 Å². The van der Waals surface area contributed by atoms with Gasteiger partial charge < -0.3 is 9.64 Å². The van der Waals surface area contributed by atoms with Gasteiger partial charge in [0.05, 0.1) is 23.6 Å². The van der Waals surface area contributed by atoms with Crippen LogP contribution in [-0.2, 0) is 4.74 Å². The van der Waals surface area contributed by atoms with Crippen LogP contribution in [0.5, 0.6) is 0 Å². The zero-order chi connectivity index (χ0) is 18.8. The van der Waals surface area contributed by atoms with Gasteiger partial charge in [-0.05, 0) is 44.0 Å². The third kappa shape index (κ3) is 5.37. The van der Waals surface area contributed by atoms with Gasteiger partial charge in [-0.3, -0.25) is 0 Å².